The number of methoxy groups -OCH3 is 1. The molecule has 0 radical (unpaired) electrons. The van der Waals surface area contributed by atoms with E-state index >= 15 is 0 Å². The highest BCUT2D eigenvalue weighted by Crippen LogP contribution is 2.24. The van der Waals surface area contributed by atoms with Crippen LogP contribution >= 0.6 is 0 Å². The first-order valence-electron chi connectivity index (χ1n) is 14.3. The molecule has 0 saturated carbocycles. The lowest BCUT2D eigenvalue weighted by atomic mass is 10.0. The fourth-order valence-corrected chi connectivity index (χ4v) is 5.61. The third-order valence-electron chi connectivity index (χ3n) is 7.24. The smallest absolute Gasteiger partial charge is 0.243 e. The molecule has 2 amide bonds. The number of sulfonamides is 1. The molecule has 1 N–H and O–H groups in total. The third kappa shape index (κ3) is 9.62. The minimum atomic E-state index is -3.61. The molecule has 0 aliphatic rings. The number of hydrogen-bond donors (Lipinski definition) is 1. The second kappa shape index (κ2) is 15.4. The standard InChI is InChI=1S/C33H43N3O5S/c1-6-26(3)34-33(38)31(22-27-12-8-7-9-13-27)35(24-28-19-17-25(2)18-20-28)32(37)16-11-21-36(42(5,39)40)29-14-10-15-30(23-29)41-4/h7-10,12-15,17-20,23,26,31H,6,11,16,21-22,24H2,1-5H3,(H,34,38). The van der Waals surface area contributed by atoms with Crippen LogP contribution in [0.25, 0.3) is 0 Å². The van der Waals surface area contributed by atoms with E-state index in [2.05, 4.69) is 5.32 Å². The van der Waals surface area contributed by atoms with Crippen molar-refractivity contribution in [3.8, 4) is 5.75 Å². The minimum absolute atomic E-state index is 0.0433. The van der Waals surface area contributed by atoms with Gasteiger partial charge in [-0.05, 0) is 49.9 Å². The largest absolute Gasteiger partial charge is 0.497 e. The van der Waals surface area contributed by atoms with E-state index in [9.17, 15) is 18.0 Å². The molecule has 0 fully saturated rings. The van der Waals surface area contributed by atoms with Gasteiger partial charge in [0.2, 0.25) is 21.8 Å². The molecular formula is C33H43N3O5S. The first-order chi connectivity index (χ1) is 20.0. The number of nitrogens with one attached hydrogen (secondary N) is 1. The Bertz CT molecular complexity index is 1410. The molecule has 3 aromatic carbocycles. The molecule has 226 valence electrons. The average Bonchev–Trinajstić information content (AvgIpc) is 2.97. The van der Waals surface area contributed by atoms with Crippen molar-refractivity contribution in [3.05, 3.63) is 95.6 Å². The first kappa shape index (κ1) is 32.7. The van der Waals surface area contributed by atoms with Gasteiger partial charge in [0, 0.05) is 38.0 Å². The highest BCUT2D eigenvalue weighted by molar-refractivity contribution is 7.92. The van der Waals surface area contributed by atoms with Crippen molar-refractivity contribution < 1.29 is 22.7 Å². The van der Waals surface area contributed by atoms with Gasteiger partial charge in [0.05, 0.1) is 19.1 Å². The third-order valence-corrected chi connectivity index (χ3v) is 8.43. The van der Waals surface area contributed by atoms with Gasteiger partial charge in [-0.2, -0.15) is 0 Å². The molecule has 42 heavy (non-hydrogen) atoms. The van der Waals surface area contributed by atoms with Gasteiger partial charge < -0.3 is 15.0 Å². The van der Waals surface area contributed by atoms with Gasteiger partial charge in [0.15, 0.2) is 0 Å². The van der Waals surface area contributed by atoms with Crippen molar-refractivity contribution in [2.24, 2.45) is 0 Å². The molecule has 0 saturated heterocycles. The Morgan fingerprint density at radius 2 is 1.64 bits per heavy atom. The molecule has 3 aromatic rings. The van der Waals surface area contributed by atoms with Gasteiger partial charge in [-0.3, -0.25) is 13.9 Å². The van der Waals surface area contributed by atoms with Gasteiger partial charge in [0.25, 0.3) is 0 Å². The van der Waals surface area contributed by atoms with Crippen LogP contribution < -0.4 is 14.4 Å². The summed E-state index contributed by atoms with van der Waals surface area (Å²) in [5, 5.41) is 3.07. The van der Waals surface area contributed by atoms with E-state index in [4.69, 9.17) is 4.74 Å². The van der Waals surface area contributed by atoms with E-state index in [1.54, 1.807) is 29.2 Å². The topological polar surface area (TPSA) is 96.0 Å². The molecular weight excluding hydrogens is 550 g/mol. The molecule has 0 spiro atoms. The van der Waals surface area contributed by atoms with E-state index in [1.165, 1.54) is 11.4 Å². The lowest BCUT2D eigenvalue weighted by Gasteiger charge is -2.32. The van der Waals surface area contributed by atoms with Crippen LogP contribution in [0.2, 0.25) is 0 Å². The van der Waals surface area contributed by atoms with Crippen LogP contribution in [0, 0.1) is 6.92 Å². The summed E-state index contributed by atoms with van der Waals surface area (Å²) < 4.78 is 31.9. The van der Waals surface area contributed by atoms with Crippen LogP contribution in [-0.2, 0) is 32.6 Å². The molecule has 0 bridgehead atoms. The van der Waals surface area contributed by atoms with Crippen molar-refractivity contribution in [3.63, 3.8) is 0 Å². The molecule has 3 rings (SSSR count). The van der Waals surface area contributed by atoms with E-state index in [0.717, 1.165) is 29.4 Å². The van der Waals surface area contributed by atoms with Crippen LogP contribution in [0.1, 0.15) is 49.8 Å². The van der Waals surface area contributed by atoms with Crippen LogP contribution in [0.5, 0.6) is 5.75 Å². The zero-order chi connectivity index (χ0) is 30.7. The normalized spacial score (nSPS) is 12.7. The molecule has 0 heterocycles. The molecule has 0 aliphatic heterocycles. The minimum Gasteiger partial charge on any atom is -0.497 e. The van der Waals surface area contributed by atoms with Gasteiger partial charge >= 0.3 is 0 Å². The first-order valence-corrected chi connectivity index (χ1v) is 16.2. The number of benzene rings is 3. The lowest BCUT2D eigenvalue weighted by molar-refractivity contribution is -0.141. The lowest BCUT2D eigenvalue weighted by Crippen LogP contribution is -2.52. The number of nitrogens with zero attached hydrogens (tertiary/aromatic N) is 2. The number of aryl methyl sites for hydroxylation is 1. The summed E-state index contributed by atoms with van der Waals surface area (Å²) in [5.74, 6) is 0.121. The number of amides is 2. The summed E-state index contributed by atoms with van der Waals surface area (Å²) in [6, 6.07) is 23.6. The van der Waals surface area contributed by atoms with Crippen LogP contribution in [0.4, 0.5) is 5.69 Å². The second-order valence-corrected chi connectivity index (χ2v) is 12.6. The monoisotopic (exact) mass is 593 g/mol. The zero-order valence-electron chi connectivity index (χ0n) is 25.2. The number of rotatable bonds is 15. The van der Waals surface area contributed by atoms with Crippen molar-refractivity contribution in [2.45, 2.75) is 65.1 Å². The van der Waals surface area contributed by atoms with Crippen molar-refractivity contribution in [1.82, 2.24) is 10.2 Å². The van der Waals surface area contributed by atoms with Gasteiger partial charge in [-0.15, -0.1) is 0 Å². The zero-order valence-corrected chi connectivity index (χ0v) is 26.1. The summed E-state index contributed by atoms with van der Waals surface area (Å²) in [4.78, 5) is 29.2. The Kier molecular flexibility index (Phi) is 12.0. The van der Waals surface area contributed by atoms with E-state index in [-0.39, 0.29) is 43.8 Å². The number of carbonyl (C=O) groups is 2. The average molecular weight is 594 g/mol. The fourth-order valence-electron chi connectivity index (χ4n) is 4.65. The summed E-state index contributed by atoms with van der Waals surface area (Å²) in [6.45, 7) is 6.32. The van der Waals surface area contributed by atoms with E-state index < -0.39 is 16.1 Å². The van der Waals surface area contributed by atoms with Crippen LogP contribution in [0.15, 0.2) is 78.9 Å². The van der Waals surface area contributed by atoms with Gasteiger partial charge in [-0.25, -0.2) is 8.42 Å². The van der Waals surface area contributed by atoms with Crippen LogP contribution in [0.3, 0.4) is 0 Å². The van der Waals surface area contributed by atoms with Crippen molar-refractivity contribution in [2.75, 3.05) is 24.2 Å². The second-order valence-electron chi connectivity index (χ2n) is 10.7. The predicted molar refractivity (Wildman–Crippen MR) is 168 cm³/mol. The molecule has 0 aromatic heterocycles. The Morgan fingerprint density at radius 3 is 2.26 bits per heavy atom. The predicted octanol–water partition coefficient (Wildman–Crippen LogP) is 5.10. The highest BCUT2D eigenvalue weighted by atomic mass is 32.2. The van der Waals surface area contributed by atoms with Crippen molar-refractivity contribution >= 4 is 27.5 Å². The fraction of sp³-hybridized carbons (Fsp3) is 0.394. The highest BCUT2D eigenvalue weighted by Gasteiger charge is 2.31. The van der Waals surface area contributed by atoms with Gasteiger partial charge in [-0.1, -0.05) is 73.2 Å². The van der Waals surface area contributed by atoms with Crippen LogP contribution in [-0.4, -0.2) is 57.1 Å². The Morgan fingerprint density at radius 1 is 0.952 bits per heavy atom. The number of carbonyl (C=O) groups excluding carboxylic acids is 2. The SMILES string of the molecule is CCC(C)NC(=O)C(Cc1ccccc1)N(Cc1ccc(C)cc1)C(=O)CCCN(c1cccc(OC)c1)S(C)(=O)=O. The maximum absolute atomic E-state index is 13.9. The van der Waals surface area contributed by atoms with E-state index in [0.29, 0.717) is 17.9 Å². The molecule has 9 heteroatoms. The molecule has 8 nitrogen and oxygen atoms in total. The Balaban J connectivity index is 1.89. The molecule has 0 aliphatic carbocycles. The summed E-state index contributed by atoms with van der Waals surface area (Å²) in [5.41, 5.74) is 3.43. The maximum Gasteiger partial charge on any atom is 0.243 e. The number of anilines is 1. The van der Waals surface area contributed by atoms with E-state index in [1.807, 2.05) is 75.4 Å². The van der Waals surface area contributed by atoms with Crippen molar-refractivity contribution in [1.29, 1.82) is 0 Å². The molecule has 2 atom stereocenters. The number of hydrogen-bond acceptors (Lipinski definition) is 5. The number of ether oxygens (including phenoxy) is 1. The molecule has 2 unspecified atom stereocenters. The van der Waals surface area contributed by atoms with Gasteiger partial charge in [0.1, 0.15) is 11.8 Å². The summed E-state index contributed by atoms with van der Waals surface area (Å²) in [6.07, 6.45) is 2.62. The summed E-state index contributed by atoms with van der Waals surface area (Å²) >= 11 is 0. The Labute approximate surface area is 250 Å². The quantitative estimate of drug-likeness (QED) is 0.264. The summed E-state index contributed by atoms with van der Waals surface area (Å²) in [7, 11) is -2.09. The Hall–Kier alpha value is -3.85. The maximum atomic E-state index is 13.9.